The van der Waals surface area contributed by atoms with Gasteiger partial charge in [-0.05, 0) is 18.2 Å². The molecular formula is C16H18F2N2O4. The fourth-order valence-electron chi connectivity index (χ4n) is 2.89. The van der Waals surface area contributed by atoms with E-state index in [-0.39, 0.29) is 18.0 Å². The topological polar surface area (TPSA) is 67.9 Å². The van der Waals surface area contributed by atoms with Crippen molar-refractivity contribution in [3.8, 4) is 0 Å². The van der Waals surface area contributed by atoms with Crippen molar-refractivity contribution in [3.63, 3.8) is 0 Å². The molecule has 1 aromatic carbocycles. The van der Waals surface area contributed by atoms with Gasteiger partial charge < -0.3 is 19.7 Å². The summed E-state index contributed by atoms with van der Waals surface area (Å²) >= 11 is 0. The number of carbonyl (C=O) groups excluding carboxylic acids is 2. The molecule has 0 saturated carbocycles. The average molecular weight is 340 g/mol. The summed E-state index contributed by atoms with van der Waals surface area (Å²) in [6.45, 7) is 1.91. The first-order valence-corrected chi connectivity index (χ1v) is 7.78. The van der Waals surface area contributed by atoms with E-state index in [0.717, 1.165) is 18.2 Å². The summed E-state index contributed by atoms with van der Waals surface area (Å²) in [5.41, 5.74) is -0.0351. The van der Waals surface area contributed by atoms with Crippen LogP contribution in [-0.2, 0) is 14.3 Å². The zero-order valence-electron chi connectivity index (χ0n) is 13.0. The van der Waals surface area contributed by atoms with Gasteiger partial charge in [0.1, 0.15) is 0 Å². The molecule has 2 fully saturated rings. The molecule has 8 heteroatoms. The first-order valence-electron chi connectivity index (χ1n) is 7.78. The summed E-state index contributed by atoms with van der Waals surface area (Å²) in [6.07, 6.45) is 1.19. The van der Waals surface area contributed by atoms with Gasteiger partial charge in [-0.3, -0.25) is 9.59 Å². The summed E-state index contributed by atoms with van der Waals surface area (Å²) in [5, 5.41) is 2.42. The quantitative estimate of drug-likeness (QED) is 0.893. The molecule has 6 nitrogen and oxygen atoms in total. The lowest BCUT2D eigenvalue weighted by molar-refractivity contribution is -0.187. The number of likely N-dealkylation sites (tertiary alicyclic amines) is 1. The standard InChI is InChI=1S/C16H18F2N2O4/c17-12-2-1-11(9-13(12)18)15(22)19-10-14(21)20-5-3-16(4-6-20)23-7-8-24-16/h1-2,9H,3-8,10H2,(H,19,22). The van der Waals surface area contributed by atoms with Crippen LogP contribution in [0.5, 0.6) is 0 Å². The van der Waals surface area contributed by atoms with Gasteiger partial charge in [-0.2, -0.15) is 0 Å². The number of amides is 2. The molecule has 2 heterocycles. The lowest BCUT2D eigenvalue weighted by atomic mass is 10.0. The number of benzene rings is 1. The number of nitrogens with one attached hydrogen (secondary N) is 1. The van der Waals surface area contributed by atoms with Gasteiger partial charge in [-0.25, -0.2) is 8.78 Å². The molecule has 2 amide bonds. The third-order valence-corrected chi connectivity index (χ3v) is 4.27. The van der Waals surface area contributed by atoms with Gasteiger partial charge in [0.15, 0.2) is 17.4 Å². The maximum atomic E-state index is 13.1. The number of hydrogen-bond donors (Lipinski definition) is 1. The number of ether oxygens (including phenoxy) is 2. The third-order valence-electron chi connectivity index (χ3n) is 4.27. The summed E-state index contributed by atoms with van der Waals surface area (Å²) in [4.78, 5) is 25.7. The summed E-state index contributed by atoms with van der Waals surface area (Å²) in [5.74, 6) is -3.56. The van der Waals surface area contributed by atoms with Crippen LogP contribution in [0.3, 0.4) is 0 Å². The molecule has 3 rings (SSSR count). The van der Waals surface area contributed by atoms with Gasteiger partial charge in [0.05, 0.1) is 19.8 Å². The van der Waals surface area contributed by atoms with Crippen molar-refractivity contribution >= 4 is 11.8 Å². The number of piperidine rings is 1. The number of carbonyl (C=O) groups is 2. The van der Waals surface area contributed by atoms with E-state index >= 15 is 0 Å². The van der Waals surface area contributed by atoms with Crippen molar-refractivity contribution in [2.75, 3.05) is 32.8 Å². The number of hydrogen-bond acceptors (Lipinski definition) is 4. The lowest BCUT2D eigenvalue weighted by Crippen LogP contribution is -2.49. The Morgan fingerprint density at radius 1 is 1.12 bits per heavy atom. The zero-order chi connectivity index (χ0) is 17.2. The summed E-state index contributed by atoms with van der Waals surface area (Å²) < 4.78 is 37.2. The maximum Gasteiger partial charge on any atom is 0.251 e. The highest BCUT2D eigenvalue weighted by Crippen LogP contribution is 2.31. The van der Waals surface area contributed by atoms with E-state index in [1.54, 1.807) is 4.90 Å². The second kappa shape index (κ2) is 6.82. The number of halogens is 2. The van der Waals surface area contributed by atoms with E-state index in [1.807, 2.05) is 0 Å². The van der Waals surface area contributed by atoms with E-state index in [9.17, 15) is 18.4 Å². The normalized spacial score (nSPS) is 19.5. The minimum atomic E-state index is -1.10. The van der Waals surface area contributed by atoms with Crippen LogP contribution in [-0.4, -0.2) is 55.3 Å². The minimum Gasteiger partial charge on any atom is -0.347 e. The molecule has 0 bridgehead atoms. The van der Waals surface area contributed by atoms with Gasteiger partial charge in [0.2, 0.25) is 5.91 Å². The Bertz CT molecular complexity index is 637. The Morgan fingerprint density at radius 3 is 2.42 bits per heavy atom. The maximum absolute atomic E-state index is 13.1. The molecule has 1 N–H and O–H groups in total. The van der Waals surface area contributed by atoms with E-state index in [4.69, 9.17) is 9.47 Å². The highest BCUT2D eigenvalue weighted by Gasteiger charge is 2.40. The van der Waals surface area contributed by atoms with Crippen molar-refractivity contribution in [3.05, 3.63) is 35.4 Å². The highest BCUT2D eigenvalue weighted by atomic mass is 19.2. The Hall–Kier alpha value is -2.06. The van der Waals surface area contributed by atoms with E-state index in [2.05, 4.69) is 5.32 Å². The molecule has 2 aliphatic heterocycles. The molecular weight excluding hydrogens is 322 g/mol. The molecule has 0 aliphatic carbocycles. The molecule has 0 atom stereocenters. The van der Waals surface area contributed by atoms with Gasteiger partial charge in [0, 0.05) is 31.5 Å². The van der Waals surface area contributed by atoms with Crippen molar-refractivity contribution in [2.45, 2.75) is 18.6 Å². The van der Waals surface area contributed by atoms with E-state index in [1.165, 1.54) is 0 Å². The van der Waals surface area contributed by atoms with E-state index < -0.39 is 23.3 Å². The smallest absolute Gasteiger partial charge is 0.251 e. The zero-order valence-corrected chi connectivity index (χ0v) is 13.0. The van der Waals surface area contributed by atoms with E-state index in [0.29, 0.717) is 39.1 Å². The van der Waals surface area contributed by atoms with Gasteiger partial charge >= 0.3 is 0 Å². The Morgan fingerprint density at radius 2 is 1.79 bits per heavy atom. The third kappa shape index (κ3) is 3.54. The van der Waals surface area contributed by atoms with Crippen LogP contribution >= 0.6 is 0 Å². The molecule has 2 aliphatic rings. The van der Waals surface area contributed by atoms with Crippen molar-refractivity contribution in [1.82, 2.24) is 10.2 Å². The largest absolute Gasteiger partial charge is 0.347 e. The Kier molecular flexibility index (Phi) is 4.77. The van der Waals surface area contributed by atoms with Crippen LogP contribution in [0.15, 0.2) is 18.2 Å². The molecule has 1 spiro atoms. The van der Waals surface area contributed by atoms with Crippen LogP contribution in [0.25, 0.3) is 0 Å². The molecule has 0 radical (unpaired) electrons. The molecule has 2 saturated heterocycles. The second-order valence-corrected chi connectivity index (χ2v) is 5.80. The first-order chi connectivity index (χ1) is 11.5. The SMILES string of the molecule is O=C(NCC(=O)N1CCC2(CC1)OCCO2)c1ccc(F)c(F)c1. The molecule has 0 unspecified atom stereocenters. The summed E-state index contributed by atoms with van der Waals surface area (Å²) in [6, 6.07) is 2.84. The Balaban J connectivity index is 1.48. The monoisotopic (exact) mass is 340 g/mol. The van der Waals surface area contributed by atoms with Crippen LogP contribution in [0.1, 0.15) is 23.2 Å². The molecule has 0 aromatic heterocycles. The molecule has 1 aromatic rings. The predicted octanol–water partition coefficient (Wildman–Crippen LogP) is 1.06. The first kappa shape index (κ1) is 16.8. The number of rotatable bonds is 3. The van der Waals surface area contributed by atoms with Gasteiger partial charge in [-0.1, -0.05) is 0 Å². The minimum absolute atomic E-state index is 0.0351. The lowest BCUT2D eigenvalue weighted by Gasteiger charge is -2.37. The predicted molar refractivity (Wildman–Crippen MR) is 79.1 cm³/mol. The second-order valence-electron chi connectivity index (χ2n) is 5.80. The van der Waals surface area contributed by atoms with Gasteiger partial charge in [0.25, 0.3) is 5.91 Å². The van der Waals surface area contributed by atoms with Gasteiger partial charge in [-0.15, -0.1) is 0 Å². The van der Waals surface area contributed by atoms with Crippen molar-refractivity contribution in [1.29, 1.82) is 0 Å². The van der Waals surface area contributed by atoms with Crippen molar-refractivity contribution < 1.29 is 27.8 Å². The highest BCUT2D eigenvalue weighted by molar-refractivity contribution is 5.96. The fraction of sp³-hybridized carbons (Fsp3) is 0.500. The van der Waals surface area contributed by atoms with Crippen LogP contribution in [0, 0.1) is 11.6 Å². The van der Waals surface area contributed by atoms with Crippen LogP contribution < -0.4 is 5.32 Å². The van der Waals surface area contributed by atoms with Crippen LogP contribution in [0.4, 0.5) is 8.78 Å². The summed E-state index contributed by atoms with van der Waals surface area (Å²) in [7, 11) is 0. The fourth-order valence-corrected chi connectivity index (χ4v) is 2.89. The molecule has 24 heavy (non-hydrogen) atoms. The Labute approximate surface area is 137 Å². The van der Waals surface area contributed by atoms with Crippen molar-refractivity contribution in [2.24, 2.45) is 0 Å². The number of nitrogens with zero attached hydrogens (tertiary/aromatic N) is 1. The average Bonchev–Trinajstić information content (AvgIpc) is 3.03. The molecule has 130 valence electrons. The van der Waals surface area contributed by atoms with Crippen LogP contribution in [0.2, 0.25) is 0 Å².